The summed E-state index contributed by atoms with van der Waals surface area (Å²) in [5.74, 6) is -3.03. The molecule has 0 saturated carbocycles. The van der Waals surface area contributed by atoms with Crippen LogP contribution in [0.15, 0.2) is 16.6 Å². The SMILES string of the molecule is CC(C(=O)O)c1ccc(O)c(Br)c1F. The predicted octanol–water partition coefficient (Wildman–Crippen LogP) is 2.48. The van der Waals surface area contributed by atoms with Gasteiger partial charge in [-0.2, -0.15) is 0 Å². The number of carboxylic acids is 1. The van der Waals surface area contributed by atoms with Gasteiger partial charge in [0, 0.05) is 5.56 Å². The summed E-state index contributed by atoms with van der Waals surface area (Å²) in [4.78, 5) is 10.6. The topological polar surface area (TPSA) is 57.5 Å². The van der Waals surface area contributed by atoms with Crippen molar-refractivity contribution in [1.29, 1.82) is 0 Å². The van der Waals surface area contributed by atoms with Gasteiger partial charge in [0.25, 0.3) is 0 Å². The molecule has 0 bridgehead atoms. The second-order valence-electron chi connectivity index (χ2n) is 2.86. The average molecular weight is 263 g/mol. The number of hydrogen-bond acceptors (Lipinski definition) is 2. The first-order chi connectivity index (χ1) is 6.45. The van der Waals surface area contributed by atoms with Crippen LogP contribution in [0.25, 0.3) is 0 Å². The molecule has 0 aliphatic carbocycles. The Morgan fingerprint density at radius 2 is 2.14 bits per heavy atom. The van der Waals surface area contributed by atoms with E-state index in [0.717, 1.165) is 0 Å². The highest BCUT2D eigenvalue weighted by atomic mass is 79.9. The van der Waals surface area contributed by atoms with E-state index < -0.39 is 17.7 Å². The van der Waals surface area contributed by atoms with Crippen molar-refractivity contribution < 1.29 is 19.4 Å². The van der Waals surface area contributed by atoms with Crippen LogP contribution in [0.1, 0.15) is 18.4 Å². The van der Waals surface area contributed by atoms with Gasteiger partial charge < -0.3 is 10.2 Å². The third-order valence-electron chi connectivity index (χ3n) is 1.93. The number of aliphatic carboxylic acids is 1. The molecule has 0 amide bonds. The minimum absolute atomic E-state index is 0.0437. The molecule has 1 atom stereocenters. The third-order valence-corrected chi connectivity index (χ3v) is 2.68. The largest absolute Gasteiger partial charge is 0.507 e. The number of aromatic hydroxyl groups is 1. The summed E-state index contributed by atoms with van der Waals surface area (Å²) in [7, 11) is 0. The summed E-state index contributed by atoms with van der Waals surface area (Å²) in [6, 6.07) is 2.51. The number of phenolic OH excluding ortho intramolecular Hbond substituents is 1. The number of halogens is 2. The van der Waals surface area contributed by atoms with Gasteiger partial charge in [0.15, 0.2) is 0 Å². The van der Waals surface area contributed by atoms with Crippen LogP contribution in [0.3, 0.4) is 0 Å². The summed E-state index contributed by atoms with van der Waals surface area (Å²) in [6.07, 6.45) is 0. The minimum atomic E-state index is -1.11. The molecule has 0 aromatic heterocycles. The first-order valence-corrected chi connectivity index (χ1v) is 4.64. The van der Waals surface area contributed by atoms with Crippen LogP contribution < -0.4 is 0 Å². The van der Waals surface area contributed by atoms with E-state index in [-0.39, 0.29) is 15.8 Å². The molecule has 0 spiro atoms. The Bertz CT molecular complexity index is 379. The van der Waals surface area contributed by atoms with Gasteiger partial charge in [0.05, 0.1) is 10.4 Å². The van der Waals surface area contributed by atoms with Gasteiger partial charge in [0.1, 0.15) is 11.6 Å². The normalized spacial score (nSPS) is 12.5. The van der Waals surface area contributed by atoms with E-state index in [4.69, 9.17) is 10.2 Å². The van der Waals surface area contributed by atoms with Gasteiger partial charge in [-0.05, 0) is 28.9 Å². The Morgan fingerprint density at radius 1 is 1.57 bits per heavy atom. The fourth-order valence-electron chi connectivity index (χ4n) is 1.02. The lowest BCUT2D eigenvalue weighted by Gasteiger charge is -2.09. The smallest absolute Gasteiger partial charge is 0.310 e. The van der Waals surface area contributed by atoms with Crippen molar-refractivity contribution in [2.24, 2.45) is 0 Å². The maximum Gasteiger partial charge on any atom is 0.310 e. The molecule has 0 aliphatic heterocycles. The number of hydrogen-bond donors (Lipinski definition) is 2. The number of carboxylic acid groups (broad SMARTS) is 1. The Kier molecular flexibility index (Phi) is 3.10. The fraction of sp³-hybridized carbons (Fsp3) is 0.222. The molecule has 14 heavy (non-hydrogen) atoms. The van der Waals surface area contributed by atoms with Crippen LogP contribution in [-0.2, 0) is 4.79 Å². The van der Waals surface area contributed by atoms with E-state index in [1.54, 1.807) is 0 Å². The van der Waals surface area contributed by atoms with Crippen LogP contribution >= 0.6 is 15.9 Å². The predicted molar refractivity (Wildman–Crippen MR) is 51.8 cm³/mol. The van der Waals surface area contributed by atoms with Crippen molar-refractivity contribution in [2.75, 3.05) is 0 Å². The molecular formula is C9H8BrFO3. The average Bonchev–Trinajstić information content (AvgIpc) is 2.13. The summed E-state index contributed by atoms with van der Waals surface area (Å²) in [5.41, 5.74) is 0.0437. The lowest BCUT2D eigenvalue weighted by Crippen LogP contribution is -2.09. The molecular weight excluding hydrogens is 255 g/mol. The molecule has 1 aromatic carbocycles. The lowest BCUT2D eigenvalue weighted by molar-refractivity contribution is -0.138. The highest BCUT2D eigenvalue weighted by Gasteiger charge is 2.20. The van der Waals surface area contributed by atoms with Crippen molar-refractivity contribution >= 4 is 21.9 Å². The van der Waals surface area contributed by atoms with Gasteiger partial charge in [-0.25, -0.2) is 4.39 Å². The van der Waals surface area contributed by atoms with Gasteiger partial charge in [-0.3, -0.25) is 4.79 Å². The van der Waals surface area contributed by atoms with Crippen molar-refractivity contribution in [3.8, 4) is 5.75 Å². The molecule has 2 N–H and O–H groups in total. The van der Waals surface area contributed by atoms with Crippen LogP contribution in [-0.4, -0.2) is 16.2 Å². The first kappa shape index (κ1) is 11.0. The Morgan fingerprint density at radius 3 is 2.64 bits per heavy atom. The summed E-state index contributed by atoms with van der Waals surface area (Å²) in [5, 5.41) is 17.8. The van der Waals surface area contributed by atoms with Gasteiger partial charge >= 0.3 is 5.97 Å². The van der Waals surface area contributed by atoms with Gasteiger partial charge in [-0.1, -0.05) is 6.07 Å². The van der Waals surface area contributed by atoms with Gasteiger partial charge in [-0.15, -0.1) is 0 Å². The molecule has 0 aliphatic rings. The maximum atomic E-state index is 13.4. The first-order valence-electron chi connectivity index (χ1n) is 3.84. The molecule has 0 heterocycles. The molecule has 0 fully saturated rings. The highest BCUT2D eigenvalue weighted by Crippen LogP contribution is 2.32. The van der Waals surface area contributed by atoms with Crippen LogP contribution in [0, 0.1) is 5.82 Å². The zero-order valence-corrected chi connectivity index (χ0v) is 8.88. The van der Waals surface area contributed by atoms with E-state index in [1.807, 2.05) is 0 Å². The molecule has 0 radical (unpaired) electrons. The number of phenols is 1. The van der Waals surface area contributed by atoms with Gasteiger partial charge in [0.2, 0.25) is 0 Å². The molecule has 1 rings (SSSR count). The quantitative estimate of drug-likeness (QED) is 0.861. The van der Waals surface area contributed by atoms with Crippen molar-refractivity contribution in [2.45, 2.75) is 12.8 Å². The molecule has 1 unspecified atom stereocenters. The number of carbonyl (C=O) groups is 1. The van der Waals surface area contributed by atoms with Crippen LogP contribution in [0.5, 0.6) is 5.75 Å². The van der Waals surface area contributed by atoms with E-state index in [2.05, 4.69) is 15.9 Å². The van der Waals surface area contributed by atoms with Crippen molar-refractivity contribution in [1.82, 2.24) is 0 Å². The Labute approximate surface area is 88.3 Å². The van der Waals surface area contributed by atoms with Crippen molar-refractivity contribution in [3.05, 3.63) is 28.0 Å². The number of benzene rings is 1. The van der Waals surface area contributed by atoms with E-state index in [9.17, 15) is 9.18 Å². The van der Waals surface area contributed by atoms with E-state index in [1.165, 1.54) is 19.1 Å². The maximum absolute atomic E-state index is 13.4. The second kappa shape index (κ2) is 3.96. The summed E-state index contributed by atoms with van der Waals surface area (Å²) < 4.78 is 13.3. The fourth-order valence-corrected chi connectivity index (χ4v) is 1.38. The Hall–Kier alpha value is -1.10. The monoisotopic (exact) mass is 262 g/mol. The molecule has 0 saturated heterocycles. The lowest BCUT2D eigenvalue weighted by atomic mass is 10.0. The van der Waals surface area contributed by atoms with Crippen LogP contribution in [0.2, 0.25) is 0 Å². The second-order valence-corrected chi connectivity index (χ2v) is 3.65. The molecule has 5 heteroatoms. The minimum Gasteiger partial charge on any atom is -0.507 e. The summed E-state index contributed by atoms with van der Waals surface area (Å²) >= 11 is 2.83. The van der Waals surface area contributed by atoms with E-state index in [0.29, 0.717) is 0 Å². The summed E-state index contributed by atoms with van der Waals surface area (Å²) in [6.45, 7) is 1.38. The van der Waals surface area contributed by atoms with Crippen molar-refractivity contribution in [3.63, 3.8) is 0 Å². The molecule has 76 valence electrons. The zero-order valence-electron chi connectivity index (χ0n) is 7.29. The zero-order chi connectivity index (χ0) is 10.9. The standard InChI is InChI=1S/C9H8BrFO3/c1-4(9(13)14)5-2-3-6(12)7(10)8(5)11/h2-4,12H,1H3,(H,13,14). The Balaban J connectivity index is 3.24. The van der Waals surface area contributed by atoms with Crippen LogP contribution in [0.4, 0.5) is 4.39 Å². The highest BCUT2D eigenvalue weighted by molar-refractivity contribution is 9.10. The third kappa shape index (κ3) is 1.87. The number of rotatable bonds is 2. The van der Waals surface area contributed by atoms with E-state index >= 15 is 0 Å². The molecule has 1 aromatic rings. The molecule has 3 nitrogen and oxygen atoms in total.